The molecule has 1 aromatic heterocycles. The standard InChI is InChI=1S/C14H13ClN2O4/c1-3-21-14(19)13-11(20-2)8-12(18)17(16-13)10-7-5-4-6-9(10)15/h4-8H,3H2,1-2H3. The monoisotopic (exact) mass is 308 g/mol. The minimum Gasteiger partial charge on any atom is -0.494 e. The molecule has 0 N–H and O–H groups in total. The number of carbonyl (C=O) groups is 1. The van der Waals surface area contributed by atoms with Gasteiger partial charge in [-0.25, -0.2) is 4.79 Å². The molecule has 1 heterocycles. The molecule has 1 aromatic carbocycles. The van der Waals surface area contributed by atoms with Crippen molar-refractivity contribution in [3.05, 3.63) is 51.4 Å². The number of methoxy groups -OCH3 is 1. The van der Waals surface area contributed by atoms with E-state index in [9.17, 15) is 9.59 Å². The molecular formula is C14H13ClN2O4. The van der Waals surface area contributed by atoms with Crippen LogP contribution in [0.15, 0.2) is 35.1 Å². The van der Waals surface area contributed by atoms with Crippen LogP contribution in [0.2, 0.25) is 5.02 Å². The van der Waals surface area contributed by atoms with E-state index in [4.69, 9.17) is 21.1 Å². The van der Waals surface area contributed by atoms with Gasteiger partial charge in [0.2, 0.25) is 5.69 Å². The van der Waals surface area contributed by atoms with Gasteiger partial charge in [0.15, 0.2) is 5.75 Å². The number of esters is 1. The fourth-order valence-electron chi connectivity index (χ4n) is 1.73. The summed E-state index contributed by atoms with van der Waals surface area (Å²) in [6.07, 6.45) is 0. The number of ether oxygens (including phenoxy) is 2. The Kier molecular flexibility index (Phi) is 4.59. The molecule has 0 aliphatic rings. The van der Waals surface area contributed by atoms with Crippen molar-refractivity contribution in [1.82, 2.24) is 9.78 Å². The first kappa shape index (κ1) is 15.1. The summed E-state index contributed by atoms with van der Waals surface area (Å²) in [6, 6.07) is 7.86. The third-order valence-corrected chi connectivity index (χ3v) is 2.99. The Morgan fingerprint density at radius 1 is 1.38 bits per heavy atom. The number of hydrogen-bond donors (Lipinski definition) is 0. The Balaban J connectivity index is 2.63. The van der Waals surface area contributed by atoms with E-state index in [0.29, 0.717) is 10.7 Å². The van der Waals surface area contributed by atoms with Gasteiger partial charge in [-0.3, -0.25) is 4.79 Å². The largest absolute Gasteiger partial charge is 0.494 e. The summed E-state index contributed by atoms with van der Waals surface area (Å²) in [5, 5.41) is 4.35. The summed E-state index contributed by atoms with van der Waals surface area (Å²) in [5.41, 5.74) is -0.177. The molecule has 0 amide bonds. The second-order valence-corrected chi connectivity index (χ2v) is 4.39. The first-order valence-electron chi connectivity index (χ1n) is 6.19. The van der Waals surface area contributed by atoms with Gasteiger partial charge in [-0.1, -0.05) is 23.7 Å². The van der Waals surface area contributed by atoms with Crippen molar-refractivity contribution in [2.75, 3.05) is 13.7 Å². The highest BCUT2D eigenvalue weighted by molar-refractivity contribution is 6.32. The van der Waals surface area contributed by atoms with Gasteiger partial charge < -0.3 is 9.47 Å². The van der Waals surface area contributed by atoms with Crippen LogP contribution in [-0.2, 0) is 4.74 Å². The maximum Gasteiger partial charge on any atom is 0.362 e. The van der Waals surface area contributed by atoms with Crippen LogP contribution in [-0.4, -0.2) is 29.5 Å². The normalized spacial score (nSPS) is 10.2. The van der Waals surface area contributed by atoms with Crippen LogP contribution in [0.25, 0.3) is 5.69 Å². The van der Waals surface area contributed by atoms with E-state index in [0.717, 1.165) is 4.68 Å². The number of aromatic nitrogens is 2. The van der Waals surface area contributed by atoms with E-state index in [1.165, 1.54) is 13.2 Å². The van der Waals surface area contributed by atoms with E-state index in [-0.39, 0.29) is 18.1 Å². The number of para-hydroxylation sites is 1. The molecule has 7 heteroatoms. The summed E-state index contributed by atoms with van der Waals surface area (Å²) in [5.74, 6) is -0.614. The molecule has 0 unspecified atom stereocenters. The molecule has 21 heavy (non-hydrogen) atoms. The molecule has 2 rings (SSSR count). The molecule has 0 radical (unpaired) electrons. The molecule has 0 saturated heterocycles. The zero-order valence-corrected chi connectivity index (χ0v) is 12.3. The third-order valence-electron chi connectivity index (χ3n) is 2.67. The molecule has 110 valence electrons. The van der Waals surface area contributed by atoms with Crippen molar-refractivity contribution >= 4 is 17.6 Å². The Morgan fingerprint density at radius 2 is 2.10 bits per heavy atom. The summed E-state index contributed by atoms with van der Waals surface area (Å²) in [7, 11) is 1.35. The average Bonchev–Trinajstić information content (AvgIpc) is 2.48. The Morgan fingerprint density at radius 3 is 2.71 bits per heavy atom. The third kappa shape index (κ3) is 3.05. The van der Waals surface area contributed by atoms with Gasteiger partial charge in [0, 0.05) is 0 Å². The highest BCUT2D eigenvalue weighted by Gasteiger charge is 2.19. The maximum absolute atomic E-state index is 12.1. The van der Waals surface area contributed by atoms with E-state index in [2.05, 4.69) is 5.10 Å². The Bertz CT molecular complexity index is 727. The fourth-order valence-corrected chi connectivity index (χ4v) is 1.95. The number of carbonyl (C=O) groups excluding carboxylic acids is 1. The van der Waals surface area contributed by atoms with Gasteiger partial charge in [-0.2, -0.15) is 9.78 Å². The second kappa shape index (κ2) is 6.41. The van der Waals surface area contributed by atoms with Gasteiger partial charge in [0.25, 0.3) is 5.56 Å². The predicted molar refractivity (Wildman–Crippen MR) is 77.4 cm³/mol. The van der Waals surface area contributed by atoms with Crippen molar-refractivity contribution < 1.29 is 14.3 Å². The molecule has 0 aliphatic carbocycles. The molecule has 6 nitrogen and oxygen atoms in total. The number of nitrogens with zero attached hydrogens (tertiary/aromatic N) is 2. The van der Waals surface area contributed by atoms with E-state index in [1.807, 2.05) is 0 Å². The van der Waals surface area contributed by atoms with E-state index < -0.39 is 11.5 Å². The highest BCUT2D eigenvalue weighted by Crippen LogP contribution is 2.20. The van der Waals surface area contributed by atoms with E-state index >= 15 is 0 Å². The second-order valence-electron chi connectivity index (χ2n) is 3.98. The Labute approximate surface area is 125 Å². The lowest BCUT2D eigenvalue weighted by atomic mass is 10.3. The zero-order valence-electron chi connectivity index (χ0n) is 11.5. The van der Waals surface area contributed by atoms with Crippen molar-refractivity contribution in [2.24, 2.45) is 0 Å². The zero-order chi connectivity index (χ0) is 15.4. The van der Waals surface area contributed by atoms with E-state index in [1.54, 1.807) is 31.2 Å². The van der Waals surface area contributed by atoms with Gasteiger partial charge in [-0.15, -0.1) is 0 Å². The lowest BCUT2D eigenvalue weighted by molar-refractivity contribution is 0.0513. The summed E-state index contributed by atoms with van der Waals surface area (Å²) >= 11 is 6.05. The van der Waals surface area contributed by atoms with Crippen LogP contribution < -0.4 is 10.3 Å². The van der Waals surface area contributed by atoms with Crippen molar-refractivity contribution in [1.29, 1.82) is 0 Å². The minimum atomic E-state index is -0.671. The topological polar surface area (TPSA) is 70.4 Å². The number of benzene rings is 1. The summed E-state index contributed by atoms with van der Waals surface area (Å²) in [4.78, 5) is 24.0. The number of rotatable bonds is 4. The lowest BCUT2D eigenvalue weighted by Crippen LogP contribution is -2.25. The quantitative estimate of drug-likeness (QED) is 0.809. The smallest absolute Gasteiger partial charge is 0.362 e. The molecule has 0 aliphatic heterocycles. The van der Waals surface area contributed by atoms with Crippen LogP contribution in [0.5, 0.6) is 5.75 Å². The molecule has 0 spiro atoms. The van der Waals surface area contributed by atoms with Gasteiger partial charge in [0.05, 0.1) is 30.5 Å². The SMILES string of the molecule is CCOC(=O)c1nn(-c2ccccc2Cl)c(=O)cc1OC. The first-order chi connectivity index (χ1) is 10.1. The molecule has 0 bridgehead atoms. The molecule has 2 aromatic rings. The van der Waals surface area contributed by atoms with Crippen LogP contribution in [0.4, 0.5) is 0 Å². The first-order valence-corrected chi connectivity index (χ1v) is 6.56. The van der Waals surface area contributed by atoms with Gasteiger partial charge in [-0.05, 0) is 19.1 Å². The Hall–Kier alpha value is -2.34. The van der Waals surface area contributed by atoms with Crippen LogP contribution in [0, 0.1) is 0 Å². The summed E-state index contributed by atoms with van der Waals surface area (Å²) < 4.78 is 10.9. The van der Waals surface area contributed by atoms with Crippen molar-refractivity contribution in [2.45, 2.75) is 6.92 Å². The van der Waals surface area contributed by atoms with Crippen LogP contribution in [0.1, 0.15) is 17.4 Å². The molecule has 0 fully saturated rings. The van der Waals surface area contributed by atoms with Crippen molar-refractivity contribution in [3.8, 4) is 11.4 Å². The van der Waals surface area contributed by atoms with Crippen LogP contribution >= 0.6 is 11.6 Å². The highest BCUT2D eigenvalue weighted by atomic mass is 35.5. The predicted octanol–water partition coefficient (Wildman–Crippen LogP) is 2.07. The molecule has 0 atom stereocenters. The van der Waals surface area contributed by atoms with Gasteiger partial charge >= 0.3 is 5.97 Å². The minimum absolute atomic E-state index is 0.0572. The number of halogens is 1. The molecular weight excluding hydrogens is 296 g/mol. The maximum atomic E-state index is 12.1. The molecule has 0 saturated carbocycles. The number of hydrogen-bond acceptors (Lipinski definition) is 5. The summed E-state index contributed by atoms with van der Waals surface area (Å²) in [6.45, 7) is 1.86. The average molecular weight is 309 g/mol. The van der Waals surface area contributed by atoms with Gasteiger partial charge in [0.1, 0.15) is 0 Å². The van der Waals surface area contributed by atoms with Crippen molar-refractivity contribution in [3.63, 3.8) is 0 Å². The lowest BCUT2D eigenvalue weighted by Gasteiger charge is -2.11. The van der Waals surface area contributed by atoms with Crippen LogP contribution in [0.3, 0.4) is 0 Å². The fraction of sp³-hybridized carbons (Fsp3) is 0.214.